The minimum atomic E-state index is -3.68. The molecule has 2 N–H and O–H groups in total. The van der Waals surface area contributed by atoms with Crippen molar-refractivity contribution in [3.8, 4) is 6.07 Å². The molecule has 0 radical (unpaired) electrons. The number of nitrogens with zero attached hydrogens (tertiary/aromatic N) is 1. The van der Waals surface area contributed by atoms with Gasteiger partial charge in [-0.3, -0.25) is 4.79 Å². The fraction of sp³-hybridized carbons (Fsp3) is 0.222. The van der Waals surface area contributed by atoms with E-state index in [0.717, 1.165) is 12.0 Å². The van der Waals surface area contributed by atoms with Crippen LogP contribution in [0.25, 0.3) is 0 Å². The van der Waals surface area contributed by atoms with Crippen LogP contribution in [0.4, 0.5) is 5.69 Å². The summed E-state index contributed by atoms with van der Waals surface area (Å²) in [4.78, 5) is 12.3. The lowest BCUT2D eigenvalue weighted by molar-refractivity contribution is 0.102. The highest BCUT2D eigenvalue weighted by atomic mass is 32.2. The van der Waals surface area contributed by atoms with Gasteiger partial charge in [0.1, 0.15) is 0 Å². The highest BCUT2D eigenvalue weighted by Crippen LogP contribution is 2.15. The molecule has 25 heavy (non-hydrogen) atoms. The summed E-state index contributed by atoms with van der Waals surface area (Å²) < 4.78 is 26.4. The quantitative estimate of drug-likeness (QED) is 0.744. The van der Waals surface area contributed by atoms with Crippen LogP contribution >= 0.6 is 0 Å². The lowest BCUT2D eigenvalue weighted by Crippen LogP contribution is -2.24. The molecule has 0 fully saturated rings. The Balaban J connectivity index is 2.08. The topological polar surface area (TPSA) is 99.1 Å². The molecule has 2 aromatic rings. The Bertz CT molecular complexity index is 885. The maximum absolute atomic E-state index is 12.3. The Morgan fingerprint density at radius 2 is 1.88 bits per heavy atom. The summed E-state index contributed by atoms with van der Waals surface area (Å²) >= 11 is 0. The molecule has 2 rings (SSSR count). The monoisotopic (exact) mass is 357 g/mol. The van der Waals surface area contributed by atoms with Crippen molar-refractivity contribution in [3.63, 3.8) is 0 Å². The molecule has 0 heterocycles. The van der Waals surface area contributed by atoms with Gasteiger partial charge < -0.3 is 5.32 Å². The number of benzene rings is 2. The zero-order chi connectivity index (χ0) is 18.3. The van der Waals surface area contributed by atoms with Crippen LogP contribution in [0.3, 0.4) is 0 Å². The van der Waals surface area contributed by atoms with Gasteiger partial charge in [-0.05, 0) is 48.4 Å². The SMILES string of the molecule is CCc1cccc(NC(=O)c2ccc(S(=O)(=O)NCCC#N)cc2)c1. The van der Waals surface area contributed by atoms with Crippen LogP contribution < -0.4 is 10.0 Å². The zero-order valence-electron chi connectivity index (χ0n) is 13.8. The van der Waals surface area contributed by atoms with Gasteiger partial charge in [-0.2, -0.15) is 5.26 Å². The summed E-state index contributed by atoms with van der Waals surface area (Å²) in [5.74, 6) is -0.311. The molecule has 0 aliphatic carbocycles. The first kappa shape index (κ1) is 18.6. The number of hydrogen-bond acceptors (Lipinski definition) is 4. The van der Waals surface area contributed by atoms with Gasteiger partial charge in [0.15, 0.2) is 0 Å². The standard InChI is InChI=1S/C18H19N3O3S/c1-2-14-5-3-6-16(13-14)21-18(22)15-7-9-17(10-8-15)25(23,24)20-12-4-11-19/h3,5-10,13,20H,2,4,12H2,1H3,(H,21,22). The second-order valence-electron chi connectivity index (χ2n) is 5.34. The number of aryl methyl sites for hydroxylation is 1. The number of anilines is 1. The number of nitriles is 1. The molecule has 6 nitrogen and oxygen atoms in total. The number of amides is 1. The summed E-state index contributed by atoms with van der Waals surface area (Å²) in [6.45, 7) is 2.08. The van der Waals surface area contributed by atoms with Gasteiger partial charge in [0.2, 0.25) is 10.0 Å². The second kappa shape index (κ2) is 8.42. The van der Waals surface area contributed by atoms with Gasteiger partial charge >= 0.3 is 0 Å². The lowest BCUT2D eigenvalue weighted by atomic mass is 10.1. The van der Waals surface area contributed by atoms with E-state index in [1.165, 1.54) is 24.3 Å². The third-order valence-electron chi connectivity index (χ3n) is 3.55. The van der Waals surface area contributed by atoms with Crippen molar-refractivity contribution in [2.45, 2.75) is 24.7 Å². The second-order valence-corrected chi connectivity index (χ2v) is 7.11. The van der Waals surface area contributed by atoms with E-state index in [-0.39, 0.29) is 23.8 Å². The molecule has 0 spiro atoms. The van der Waals surface area contributed by atoms with Gasteiger partial charge in [-0.15, -0.1) is 0 Å². The Hall–Kier alpha value is -2.69. The lowest BCUT2D eigenvalue weighted by Gasteiger charge is -2.08. The molecule has 0 atom stereocenters. The van der Waals surface area contributed by atoms with Crippen molar-refractivity contribution in [1.29, 1.82) is 5.26 Å². The third-order valence-corrected chi connectivity index (χ3v) is 5.03. The van der Waals surface area contributed by atoms with E-state index in [2.05, 4.69) is 10.0 Å². The first-order valence-electron chi connectivity index (χ1n) is 7.83. The Morgan fingerprint density at radius 3 is 2.52 bits per heavy atom. The van der Waals surface area contributed by atoms with Crippen molar-refractivity contribution >= 4 is 21.6 Å². The van der Waals surface area contributed by atoms with Crippen molar-refractivity contribution < 1.29 is 13.2 Å². The molecule has 0 unspecified atom stereocenters. The van der Waals surface area contributed by atoms with Crippen LogP contribution in [-0.4, -0.2) is 20.9 Å². The summed E-state index contributed by atoms with van der Waals surface area (Å²) in [7, 11) is -3.68. The van der Waals surface area contributed by atoms with Gasteiger partial charge in [-0.25, -0.2) is 13.1 Å². The van der Waals surface area contributed by atoms with E-state index in [1.54, 1.807) is 6.07 Å². The van der Waals surface area contributed by atoms with E-state index in [1.807, 2.05) is 31.2 Å². The summed E-state index contributed by atoms with van der Waals surface area (Å²) in [5, 5.41) is 11.2. The number of rotatable bonds is 7. The van der Waals surface area contributed by atoms with Crippen LogP contribution in [0.1, 0.15) is 29.3 Å². The number of carbonyl (C=O) groups excluding carboxylic acids is 1. The van der Waals surface area contributed by atoms with Crippen LogP contribution in [0.5, 0.6) is 0 Å². The maximum Gasteiger partial charge on any atom is 0.255 e. The van der Waals surface area contributed by atoms with Crippen LogP contribution in [0.2, 0.25) is 0 Å². The predicted molar refractivity (Wildman–Crippen MR) is 95.6 cm³/mol. The average Bonchev–Trinajstić information content (AvgIpc) is 2.62. The van der Waals surface area contributed by atoms with Crippen LogP contribution in [-0.2, 0) is 16.4 Å². The summed E-state index contributed by atoms with van der Waals surface area (Å²) in [6.07, 6.45) is 0.964. The first-order chi connectivity index (χ1) is 12.0. The molecule has 0 saturated carbocycles. The van der Waals surface area contributed by atoms with Gasteiger partial charge in [-0.1, -0.05) is 19.1 Å². The fourth-order valence-electron chi connectivity index (χ4n) is 2.18. The molecule has 0 bridgehead atoms. The molecule has 130 valence electrons. The Kier molecular flexibility index (Phi) is 6.28. The maximum atomic E-state index is 12.3. The highest BCUT2D eigenvalue weighted by molar-refractivity contribution is 7.89. The molecular formula is C18H19N3O3S. The average molecular weight is 357 g/mol. The largest absolute Gasteiger partial charge is 0.322 e. The number of nitrogens with one attached hydrogen (secondary N) is 2. The molecule has 0 aliphatic heterocycles. The molecule has 0 aliphatic rings. The van der Waals surface area contributed by atoms with Crippen molar-refractivity contribution in [2.24, 2.45) is 0 Å². The molecular weight excluding hydrogens is 338 g/mol. The third kappa shape index (κ3) is 5.14. The zero-order valence-corrected chi connectivity index (χ0v) is 14.6. The Labute approximate surface area is 147 Å². The summed E-state index contributed by atoms with van der Waals surface area (Å²) in [6, 6.07) is 15.1. The van der Waals surface area contributed by atoms with E-state index in [9.17, 15) is 13.2 Å². The number of sulfonamides is 1. The van der Waals surface area contributed by atoms with E-state index < -0.39 is 10.0 Å². The predicted octanol–water partition coefficient (Wildman–Crippen LogP) is 2.69. The molecule has 1 amide bonds. The Morgan fingerprint density at radius 1 is 1.16 bits per heavy atom. The molecule has 0 saturated heterocycles. The molecule has 2 aromatic carbocycles. The van der Waals surface area contributed by atoms with Gasteiger partial charge in [0.25, 0.3) is 5.91 Å². The summed E-state index contributed by atoms with van der Waals surface area (Å²) in [5.41, 5.74) is 2.17. The smallest absolute Gasteiger partial charge is 0.255 e. The number of carbonyl (C=O) groups is 1. The van der Waals surface area contributed by atoms with Crippen LogP contribution in [0.15, 0.2) is 53.4 Å². The molecule has 7 heteroatoms. The van der Waals surface area contributed by atoms with E-state index >= 15 is 0 Å². The first-order valence-corrected chi connectivity index (χ1v) is 9.31. The minimum Gasteiger partial charge on any atom is -0.322 e. The van der Waals surface area contributed by atoms with Crippen molar-refractivity contribution in [2.75, 3.05) is 11.9 Å². The van der Waals surface area contributed by atoms with E-state index in [0.29, 0.717) is 11.3 Å². The normalized spacial score (nSPS) is 10.9. The minimum absolute atomic E-state index is 0.0504. The van der Waals surface area contributed by atoms with Gasteiger partial charge in [0, 0.05) is 24.2 Å². The number of hydrogen-bond donors (Lipinski definition) is 2. The van der Waals surface area contributed by atoms with Crippen molar-refractivity contribution in [1.82, 2.24) is 4.72 Å². The molecule has 0 aromatic heterocycles. The van der Waals surface area contributed by atoms with Crippen LogP contribution in [0, 0.1) is 11.3 Å². The van der Waals surface area contributed by atoms with E-state index in [4.69, 9.17) is 5.26 Å². The van der Waals surface area contributed by atoms with Gasteiger partial charge in [0.05, 0.1) is 11.0 Å². The van der Waals surface area contributed by atoms with Crippen molar-refractivity contribution in [3.05, 3.63) is 59.7 Å². The highest BCUT2D eigenvalue weighted by Gasteiger charge is 2.14. The fourth-order valence-corrected chi connectivity index (χ4v) is 3.21.